The van der Waals surface area contributed by atoms with Crippen LogP contribution >= 0.6 is 11.3 Å². The Morgan fingerprint density at radius 3 is 2.29 bits per heavy atom. The molecule has 0 radical (unpaired) electrons. The van der Waals surface area contributed by atoms with Gasteiger partial charge in [0.05, 0.1) is 30.8 Å². The average molecular weight is 748 g/mol. The van der Waals surface area contributed by atoms with Crippen molar-refractivity contribution in [2.75, 3.05) is 25.0 Å². The van der Waals surface area contributed by atoms with Gasteiger partial charge in [0.15, 0.2) is 12.2 Å². The molecule has 1 saturated heterocycles. The number of aliphatic hydroxyl groups excluding tert-OH is 1. The second-order valence-electron chi connectivity index (χ2n) is 15.1. The SMILES string of the molecule is C[n+]1c2ccc(OCC(ON=C(C(=O)O)c3csc(NC(=O)OC(C)(C)C)n3)C(=O)OC(C)(C)C)cc2cn1[C@@H]1CN(C(=O)OC(C)(C)C)C[C@@H]1O. The fourth-order valence-electron chi connectivity index (χ4n) is 5.02. The van der Waals surface area contributed by atoms with E-state index in [1.807, 2.05) is 22.6 Å². The highest BCUT2D eigenvalue weighted by Crippen LogP contribution is 2.27. The van der Waals surface area contributed by atoms with Crippen molar-refractivity contribution in [2.45, 2.75) is 97.4 Å². The number of carbonyl (C=O) groups is 4. The second kappa shape index (κ2) is 15.3. The van der Waals surface area contributed by atoms with E-state index in [1.54, 1.807) is 80.5 Å². The van der Waals surface area contributed by atoms with E-state index >= 15 is 0 Å². The van der Waals surface area contributed by atoms with Crippen LogP contribution < -0.4 is 14.7 Å². The van der Waals surface area contributed by atoms with Crippen molar-refractivity contribution in [1.82, 2.24) is 14.6 Å². The van der Waals surface area contributed by atoms with E-state index in [0.29, 0.717) is 5.75 Å². The topological polar surface area (TPSA) is 204 Å². The predicted octanol–water partition coefficient (Wildman–Crippen LogP) is 4.02. The number of aromatic nitrogens is 3. The number of anilines is 1. The standard InChI is InChI=1S/C34H46N6O11S/c1-32(2,3)48-28(44)25(51-37-26(27(42)43)21-18-52-29(35-21)36-30(45)49-33(4,5)6)17-47-20-11-12-22-19(13-20)14-40(38(22)10)23-15-39(16-24(23)41)31(46)50-34(7,8)9/h11-14,18,23-25,41H,15-17H2,1-10H3,(H-,35,36,42,43,45)/p+1/t23-,24+,25?/m1/s1. The first kappa shape index (κ1) is 39.8. The lowest BCUT2D eigenvalue weighted by Gasteiger charge is -2.24. The molecule has 4 rings (SSSR count). The van der Waals surface area contributed by atoms with Crippen LogP contribution in [-0.2, 0) is 35.7 Å². The fraction of sp³-hybridized carbons (Fsp3) is 0.559. The molecular formula is C34H47N6O11S+. The summed E-state index contributed by atoms with van der Waals surface area (Å²) in [6.45, 7) is 15.4. The number of rotatable bonds is 10. The van der Waals surface area contributed by atoms with Gasteiger partial charge in [-0.3, -0.25) is 5.32 Å². The van der Waals surface area contributed by atoms with Crippen molar-refractivity contribution in [2.24, 2.45) is 12.2 Å². The number of aliphatic carboxylic acids is 1. The molecule has 2 amide bonds. The summed E-state index contributed by atoms with van der Waals surface area (Å²) in [4.78, 5) is 61.1. The van der Waals surface area contributed by atoms with E-state index in [0.717, 1.165) is 22.2 Å². The van der Waals surface area contributed by atoms with Crippen molar-refractivity contribution < 1.29 is 57.9 Å². The minimum atomic E-state index is -1.50. The molecule has 3 atom stereocenters. The third-order valence-electron chi connectivity index (χ3n) is 7.12. The Hall–Kier alpha value is -4.97. The molecule has 1 unspecified atom stereocenters. The number of carbonyl (C=O) groups excluding carboxylic acids is 3. The smallest absolute Gasteiger partial charge is 0.413 e. The van der Waals surface area contributed by atoms with Crippen LogP contribution in [0.3, 0.4) is 0 Å². The lowest BCUT2D eigenvalue weighted by atomic mass is 10.2. The third-order valence-corrected chi connectivity index (χ3v) is 7.87. The molecule has 0 bridgehead atoms. The number of hydrogen-bond donors (Lipinski definition) is 3. The largest absolute Gasteiger partial charge is 0.489 e. The zero-order valence-electron chi connectivity index (χ0n) is 31.0. The number of esters is 1. The van der Waals surface area contributed by atoms with Crippen LogP contribution in [-0.4, -0.2) is 103 Å². The van der Waals surface area contributed by atoms with Gasteiger partial charge in [0.25, 0.3) is 6.10 Å². The Morgan fingerprint density at radius 1 is 1.02 bits per heavy atom. The number of nitrogens with one attached hydrogen (secondary N) is 1. The van der Waals surface area contributed by atoms with Crippen molar-refractivity contribution in [1.29, 1.82) is 0 Å². The molecule has 1 aromatic carbocycles. The third kappa shape index (κ3) is 10.8. The van der Waals surface area contributed by atoms with E-state index in [4.69, 9.17) is 23.8 Å². The van der Waals surface area contributed by atoms with Gasteiger partial charge in [-0.05, 0) is 74.4 Å². The number of oxime groups is 1. The number of carboxylic acids is 1. The monoisotopic (exact) mass is 747 g/mol. The molecular weight excluding hydrogens is 700 g/mol. The average Bonchev–Trinajstić information content (AvgIpc) is 3.68. The van der Waals surface area contributed by atoms with E-state index < -0.39 is 71.5 Å². The van der Waals surface area contributed by atoms with Gasteiger partial charge in [0.1, 0.15) is 40.9 Å². The Kier molecular flexibility index (Phi) is 11.7. The Morgan fingerprint density at radius 2 is 1.67 bits per heavy atom. The maximum absolute atomic E-state index is 13.1. The van der Waals surface area contributed by atoms with Gasteiger partial charge >= 0.3 is 24.1 Å². The van der Waals surface area contributed by atoms with Crippen LogP contribution in [0.1, 0.15) is 74.0 Å². The summed E-state index contributed by atoms with van der Waals surface area (Å²) < 4.78 is 25.8. The highest BCUT2D eigenvalue weighted by molar-refractivity contribution is 7.14. The molecule has 52 heavy (non-hydrogen) atoms. The molecule has 17 nitrogen and oxygen atoms in total. The number of fused-ring (bicyclic) bond motifs is 1. The molecule has 1 fully saturated rings. The Labute approximate surface area is 305 Å². The lowest BCUT2D eigenvalue weighted by Crippen LogP contribution is -2.44. The first-order chi connectivity index (χ1) is 24.0. The zero-order valence-corrected chi connectivity index (χ0v) is 31.8. The van der Waals surface area contributed by atoms with Gasteiger partial charge < -0.3 is 38.9 Å². The van der Waals surface area contributed by atoms with Crippen molar-refractivity contribution >= 4 is 57.2 Å². The molecule has 284 valence electrons. The fourth-order valence-corrected chi connectivity index (χ4v) is 5.70. The molecule has 3 aromatic rings. The summed E-state index contributed by atoms with van der Waals surface area (Å²) >= 11 is 0.941. The number of likely N-dealkylation sites (tertiary alicyclic amines) is 1. The van der Waals surface area contributed by atoms with Gasteiger partial charge in [-0.1, -0.05) is 5.16 Å². The number of amides is 2. The molecule has 18 heteroatoms. The first-order valence-electron chi connectivity index (χ1n) is 16.5. The van der Waals surface area contributed by atoms with Gasteiger partial charge in [-0.15, -0.1) is 16.0 Å². The number of ether oxygens (including phenoxy) is 4. The number of hydrogen-bond acceptors (Lipinski definition) is 13. The van der Waals surface area contributed by atoms with Gasteiger partial charge in [0.2, 0.25) is 11.2 Å². The molecule has 1 aliphatic heterocycles. The Bertz CT molecular complexity index is 1830. The summed E-state index contributed by atoms with van der Waals surface area (Å²) in [5.41, 5.74) is -2.29. The van der Waals surface area contributed by atoms with E-state index in [9.17, 15) is 29.4 Å². The summed E-state index contributed by atoms with van der Waals surface area (Å²) in [6.07, 6.45) is -1.78. The highest BCUT2D eigenvalue weighted by atomic mass is 32.1. The number of β-amino-alcohol motifs (C(OH)–C–C–N with tert-alkyl or cyclic N) is 1. The molecule has 3 N–H and O–H groups in total. The predicted molar refractivity (Wildman–Crippen MR) is 188 cm³/mol. The number of carboxylic acid groups (broad SMARTS) is 1. The van der Waals surface area contributed by atoms with E-state index in [-0.39, 0.29) is 23.9 Å². The van der Waals surface area contributed by atoms with Crippen molar-refractivity contribution in [3.8, 4) is 5.75 Å². The van der Waals surface area contributed by atoms with Crippen LogP contribution in [0.25, 0.3) is 10.9 Å². The van der Waals surface area contributed by atoms with Crippen LogP contribution in [0.4, 0.5) is 14.7 Å². The van der Waals surface area contributed by atoms with Gasteiger partial charge in [-0.2, -0.15) is 4.68 Å². The molecule has 0 spiro atoms. The number of thiazole rings is 1. The summed E-state index contributed by atoms with van der Waals surface area (Å²) in [5, 5.41) is 29.1. The zero-order chi connectivity index (χ0) is 38.8. The lowest BCUT2D eigenvalue weighted by molar-refractivity contribution is -0.733. The van der Waals surface area contributed by atoms with Crippen LogP contribution in [0.5, 0.6) is 5.75 Å². The summed E-state index contributed by atoms with van der Waals surface area (Å²) in [7, 11) is 1.83. The number of nitrogens with zero attached hydrogens (tertiary/aromatic N) is 5. The first-order valence-corrected chi connectivity index (χ1v) is 17.3. The Balaban J connectivity index is 1.51. The highest BCUT2D eigenvalue weighted by Gasteiger charge is 2.40. The molecule has 1 aliphatic rings. The van der Waals surface area contributed by atoms with Gasteiger partial charge in [0, 0.05) is 11.4 Å². The maximum atomic E-state index is 13.1. The van der Waals surface area contributed by atoms with Gasteiger partial charge in [-0.25, -0.2) is 24.2 Å². The van der Waals surface area contributed by atoms with Crippen molar-refractivity contribution in [3.05, 3.63) is 35.5 Å². The summed E-state index contributed by atoms with van der Waals surface area (Å²) in [6, 6.07) is 4.76. The normalized spacial score (nSPS) is 17.4. The minimum Gasteiger partial charge on any atom is -0.489 e. The van der Waals surface area contributed by atoms with Crippen molar-refractivity contribution in [3.63, 3.8) is 0 Å². The summed E-state index contributed by atoms with van der Waals surface area (Å²) in [5.74, 6) is -2.00. The quantitative estimate of drug-likeness (QED) is 0.0885. The maximum Gasteiger partial charge on any atom is 0.413 e. The van der Waals surface area contributed by atoms with Crippen LogP contribution in [0, 0.1) is 0 Å². The molecule has 3 heterocycles. The van der Waals surface area contributed by atoms with Crippen LogP contribution in [0.2, 0.25) is 0 Å². The number of benzene rings is 1. The van der Waals surface area contributed by atoms with E-state index in [1.165, 1.54) is 10.3 Å². The van der Waals surface area contributed by atoms with Crippen LogP contribution in [0.15, 0.2) is 34.9 Å². The molecule has 2 aromatic heterocycles. The van der Waals surface area contributed by atoms with E-state index in [2.05, 4.69) is 15.5 Å². The molecule has 0 aliphatic carbocycles. The second-order valence-corrected chi connectivity index (χ2v) is 16.0. The number of aliphatic hydroxyl groups is 1. The number of aryl methyl sites for hydroxylation is 1. The minimum absolute atomic E-state index is 0.0608. The molecule has 0 saturated carbocycles.